The predicted molar refractivity (Wildman–Crippen MR) is 336 cm³/mol. The summed E-state index contributed by atoms with van der Waals surface area (Å²) in [4.78, 5) is 37.4. The van der Waals surface area contributed by atoms with Crippen LogP contribution in [0, 0.1) is 0 Å². The molecule has 0 aliphatic heterocycles. The molecule has 2 unspecified atom stereocenters. The zero-order valence-corrected chi connectivity index (χ0v) is 51.2. The molecule has 0 aliphatic carbocycles. The van der Waals surface area contributed by atoms with Gasteiger partial charge in [-0.15, -0.1) is 0 Å². The molecule has 0 saturated heterocycles. The van der Waals surface area contributed by atoms with E-state index in [4.69, 9.17) is 18.9 Å². The van der Waals surface area contributed by atoms with Crippen molar-refractivity contribution in [3.63, 3.8) is 0 Å². The molecule has 0 heterocycles. The maximum atomic E-state index is 12.9. The standard InChI is InChI=1S/C70H117NO8/c1-6-8-10-12-14-16-18-20-22-24-25-26-27-28-29-30-31-32-33-34-35-36-37-38-39-40-41-42-43-45-47-49-51-53-55-57-59-61-68(73)79-66(65-78-70(69(74)75)76-63-62-71(3,4)5)64-77-67(72)60-58-56-54-52-50-48-46-44-23-21-19-17-15-13-11-9-7-2/h8-11,14-17,20-23,25-26,28-29,46,48,52,54,66,70H,6-7,12-13,18-19,24,27,30-45,47,49-51,53,55-65H2,1-5H3/p+1/b10-8-,11-9-,16-14-,17-15-,22-20-,23-21-,26-25-,29-28-,48-46-,54-52-. The molecule has 0 fully saturated rings. The molecule has 0 spiro atoms. The number of unbranched alkanes of at least 4 members (excludes halogenated alkanes) is 22. The molecule has 1 N–H and O–H groups in total. The van der Waals surface area contributed by atoms with Crippen LogP contribution in [0.25, 0.3) is 0 Å². The first-order valence-electron chi connectivity index (χ1n) is 31.7. The Hall–Kier alpha value is -4.31. The van der Waals surface area contributed by atoms with Crippen molar-refractivity contribution in [2.24, 2.45) is 0 Å². The fourth-order valence-corrected chi connectivity index (χ4v) is 8.43. The highest BCUT2D eigenvalue weighted by Gasteiger charge is 2.25. The van der Waals surface area contributed by atoms with Gasteiger partial charge in [-0.2, -0.15) is 0 Å². The van der Waals surface area contributed by atoms with Crippen LogP contribution in [0.2, 0.25) is 0 Å². The molecular formula is C70H118NO8+. The molecular weight excluding hydrogens is 983 g/mol. The lowest BCUT2D eigenvalue weighted by Crippen LogP contribution is -2.40. The average molecular weight is 1100 g/mol. The Morgan fingerprint density at radius 1 is 0.380 bits per heavy atom. The monoisotopic (exact) mass is 1100 g/mol. The Kier molecular flexibility index (Phi) is 56.5. The van der Waals surface area contributed by atoms with Crippen molar-refractivity contribution in [1.29, 1.82) is 0 Å². The van der Waals surface area contributed by atoms with Crippen molar-refractivity contribution >= 4 is 17.9 Å². The maximum absolute atomic E-state index is 12.9. The van der Waals surface area contributed by atoms with Crippen LogP contribution in [0.4, 0.5) is 0 Å². The number of ether oxygens (including phenoxy) is 4. The number of esters is 2. The number of hydrogen-bond acceptors (Lipinski definition) is 7. The summed E-state index contributed by atoms with van der Waals surface area (Å²) in [5.74, 6) is -2.09. The summed E-state index contributed by atoms with van der Waals surface area (Å²) < 4.78 is 22.8. The van der Waals surface area contributed by atoms with Gasteiger partial charge >= 0.3 is 17.9 Å². The minimum Gasteiger partial charge on any atom is -0.477 e. The first-order valence-corrected chi connectivity index (χ1v) is 31.7. The van der Waals surface area contributed by atoms with E-state index < -0.39 is 30.3 Å². The second kappa shape index (κ2) is 59.8. The molecule has 0 saturated carbocycles. The number of quaternary nitrogens is 1. The highest BCUT2D eigenvalue weighted by molar-refractivity contribution is 5.71. The van der Waals surface area contributed by atoms with Crippen molar-refractivity contribution in [2.75, 3.05) is 47.5 Å². The average Bonchev–Trinajstić information content (AvgIpc) is 3.42. The van der Waals surface area contributed by atoms with Gasteiger partial charge in [0.2, 0.25) is 0 Å². The second-order valence-corrected chi connectivity index (χ2v) is 22.0. The Bertz CT molecular complexity index is 1710. The highest BCUT2D eigenvalue weighted by atomic mass is 16.7. The number of rotatable bonds is 57. The molecule has 9 heteroatoms. The third-order valence-electron chi connectivity index (χ3n) is 13.2. The fourth-order valence-electron chi connectivity index (χ4n) is 8.43. The van der Waals surface area contributed by atoms with Gasteiger partial charge in [0.1, 0.15) is 13.2 Å². The number of carboxylic acids is 1. The number of aliphatic carboxylic acids is 1. The summed E-state index contributed by atoms with van der Waals surface area (Å²) in [6.07, 6.45) is 81.8. The summed E-state index contributed by atoms with van der Waals surface area (Å²) in [6, 6.07) is 0. The van der Waals surface area contributed by atoms with E-state index in [1.165, 1.54) is 122 Å². The van der Waals surface area contributed by atoms with E-state index >= 15 is 0 Å². The van der Waals surface area contributed by atoms with Crippen LogP contribution >= 0.6 is 0 Å². The SMILES string of the molecule is CC/C=C\C/C=C\C/C=C\C/C=C\C/C=C\CCCCCCCCCCCCCCCCCCCCCCCC(=O)OC(COC(=O)CCC/C=C\C/C=C\C/C=C\C/C=C\C/C=C\CC)COC(OCC[N+](C)(C)C)C(=O)O. The van der Waals surface area contributed by atoms with E-state index in [-0.39, 0.29) is 32.7 Å². The number of nitrogens with zero attached hydrogens (tertiary/aromatic N) is 1. The molecule has 0 amide bonds. The quantitative estimate of drug-likeness (QED) is 0.0211. The van der Waals surface area contributed by atoms with E-state index in [1.54, 1.807) is 0 Å². The van der Waals surface area contributed by atoms with E-state index in [0.29, 0.717) is 23.9 Å². The summed E-state index contributed by atoms with van der Waals surface area (Å²) in [5, 5.41) is 9.71. The molecule has 0 rings (SSSR count). The molecule has 450 valence electrons. The predicted octanol–water partition coefficient (Wildman–Crippen LogP) is 19.2. The van der Waals surface area contributed by atoms with Crippen LogP contribution in [0.5, 0.6) is 0 Å². The van der Waals surface area contributed by atoms with Gasteiger partial charge in [0, 0.05) is 12.8 Å². The molecule has 0 aliphatic rings. The van der Waals surface area contributed by atoms with Gasteiger partial charge in [-0.3, -0.25) is 9.59 Å². The van der Waals surface area contributed by atoms with E-state index in [1.807, 2.05) is 21.1 Å². The molecule has 0 aromatic carbocycles. The van der Waals surface area contributed by atoms with Gasteiger partial charge in [-0.1, -0.05) is 257 Å². The second-order valence-electron chi connectivity index (χ2n) is 22.0. The topological polar surface area (TPSA) is 108 Å². The summed E-state index contributed by atoms with van der Waals surface area (Å²) in [7, 11) is 5.95. The molecule has 9 nitrogen and oxygen atoms in total. The smallest absolute Gasteiger partial charge is 0.361 e. The first-order chi connectivity index (χ1) is 38.6. The van der Waals surface area contributed by atoms with Crippen LogP contribution in [-0.4, -0.2) is 87.4 Å². The molecule has 0 bridgehead atoms. The largest absolute Gasteiger partial charge is 0.477 e. The molecule has 79 heavy (non-hydrogen) atoms. The normalized spacial score (nSPS) is 13.6. The summed E-state index contributed by atoms with van der Waals surface area (Å²) in [5.41, 5.74) is 0. The van der Waals surface area contributed by atoms with Crippen molar-refractivity contribution in [2.45, 2.75) is 257 Å². The van der Waals surface area contributed by atoms with E-state index in [9.17, 15) is 19.5 Å². The van der Waals surface area contributed by atoms with Gasteiger partial charge in [0.05, 0.1) is 34.4 Å². The first kappa shape index (κ1) is 74.7. The number of carboxylic acid groups (broad SMARTS) is 1. The number of carbonyl (C=O) groups excluding carboxylic acids is 2. The van der Waals surface area contributed by atoms with E-state index in [2.05, 4.69) is 135 Å². The van der Waals surface area contributed by atoms with Gasteiger partial charge in [-0.05, 0) is 96.3 Å². The molecule has 0 aromatic rings. The highest BCUT2D eigenvalue weighted by Crippen LogP contribution is 2.17. The fraction of sp³-hybridized carbons (Fsp3) is 0.671. The van der Waals surface area contributed by atoms with Crippen molar-refractivity contribution in [1.82, 2.24) is 0 Å². The van der Waals surface area contributed by atoms with Crippen molar-refractivity contribution in [3.05, 3.63) is 122 Å². The third-order valence-corrected chi connectivity index (χ3v) is 13.2. The number of likely N-dealkylation sites (N-methyl/N-ethyl adjacent to an activating group) is 1. The molecule has 0 radical (unpaired) electrons. The maximum Gasteiger partial charge on any atom is 0.361 e. The minimum atomic E-state index is -1.53. The van der Waals surface area contributed by atoms with Crippen LogP contribution in [0.1, 0.15) is 245 Å². The van der Waals surface area contributed by atoms with E-state index in [0.717, 1.165) is 83.5 Å². The lowest BCUT2D eigenvalue weighted by Gasteiger charge is -2.25. The van der Waals surface area contributed by atoms with Crippen molar-refractivity contribution < 1.29 is 42.9 Å². The Morgan fingerprint density at radius 3 is 1.05 bits per heavy atom. The zero-order chi connectivity index (χ0) is 57.6. The number of allylic oxidation sites excluding steroid dienone is 20. The summed E-state index contributed by atoms with van der Waals surface area (Å²) >= 11 is 0. The third kappa shape index (κ3) is 61.2. The summed E-state index contributed by atoms with van der Waals surface area (Å²) in [6.45, 7) is 4.58. The minimum absolute atomic E-state index is 0.175. The van der Waals surface area contributed by atoms with Gasteiger partial charge < -0.3 is 28.5 Å². The lowest BCUT2D eigenvalue weighted by atomic mass is 10.0. The molecule has 0 aromatic heterocycles. The van der Waals surface area contributed by atoms with Gasteiger partial charge in [-0.25, -0.2) is 4.79 Å². The molecule has 2 atom stereocenters. The Morgan fingerprint density at radius 2 is 0.696 bits per heavy atom. The van der Waals surface area contributed by atoms with Crippen molar-refractivity contribution in [3.8, 4) is 0 Å². The van der Waals surface area contributed by atoms with Gasteiger partial charge in [0.25, 0.3) is 6.29 Å². The lowest BCUT2D eigenvalue weighted by molar-refractivity contribution is -0.870. The van der Waals surface area contributed by atoms with Crippen LogP contribution in [0.3, 0.4) is 0 Å². The van der Waals surface area contributed by atoms with Crippen LogP contribution < -0.4 is 0 Å². The van der Waals surface area contributed by atoms with Gasteiger partial charge in [0.15, 0.2) is 6.10 Å². The zero-order valence-electron chi connectivity index (χ0n) is 51.2. The number of carbonyl (C=O) groups is 3. The number of hydrogen-bond donors (Lipinski definition) is 1. The van der Waals surface area contributed by atoms with Crippen LogP contribution in [0.15, 0.2) is 122 Å². The van der Waals surface area contributed by atoms with Crippen LogP contribution in [-0.2, 0) is 33.3 Å². The Labute approximate surface area is 485 Å². The Balaban J connectivity index is 4.10.